The number of rotatable bonds is 11. The lowest BCUT2D eigenvalue weighted by Gasteiger charge is -2.38. The van der Waals surface area contributed by atoms with Gasteiger partial charge in [0.15, 0.2) is 0 Å². The number of ether oxygens (including phenoxy) is 1. The molecule has 0 saturated heterocycles. The van der Waals surface area contributed by atoms with Crippen LogP contribution in [0.5, 0.6) is 0 Å². The maximum absolute atomic E-state index is 14.3. The Morgan fingerprint density at radius 3 is 2.08 bits per heavy atom. The fraction of sp³-hybridized carbons (Fsp3) is 0.516. The van der Waals surface area contributed by atoms with Gasteiger partial charge < -0.3 is 20.3 Å². The molecule has 2 rings (SSSR count). The number of aryl methyl sites for hydroxylation is 2. The molecule has 2 atom stereocenters. The number of amides is 3. The average Bonchev–Trinajstić information content (AvgIpc) is 2.82. The van der Waals surface area contributed by atoms with Gasteiger partial charge in [0.2, 0.25) is 11.8 Å². The van der Waals surface area contributed by atoms with Gasteiger partial charge in [-0.05, 0) is 77.1 Å². The number of alkyl carbamates (subject to hydrolysis) is 1. The lowest BCUT2D eigenvalue weighted by molar-refractivity contribution is -0.144. The van der Waals surface area contributed by atoms with Gasteiger partial charge in [-0.2, -0.15) is 0 Å². The van der Waals surface area contributed by atoms with Crippen LogP contribution in [0.1, 0.15) is 82.7 Å². The van der Waals surface area contributed by atoms with Crippen molar-refractivity contribution in [2.75, 3.05) is 6.54 Å². The van der Waals surface area contributed by atoms with E-state index in [1.54, 1.807) is 25.7 Å². The first-order valence-electron chi connectivity index (χ1n) is 13.5. The molecule has 2 unspecified atom stereocenters. The van der Waals surface area contributed by atoms with Crippen molar-refractivity contribution in [2.24, 2.45) is 0 Å². The monoisotopic (exact) mass is 523 g/mol. The van der Waals surface area contributed by atoms with Gasteiger partial charge in [-0.15, -0.1) is 0 Å². The number of nitrogens with one attached hydrogen (secondary N) is 2. The van der Waals surface area contributed by atoms with Crippen LogP contribution in [-0.4, -0.2) is 47.0 Å². The minimum atomic E-state index is -0.926. The summed E-state index contributed by atoms with van der Waals surface area (Å²) >= 11 is 0. The van der Waals surface area contributed by atoms with Gasteiger partial charge in [-0.1, -0.05) is 61.9 Å². The van der Waals surface area contributed by atoms with E-state index in [-0.39, 0.29) is 24.3 Å². The molecule has 0 aliphatic heterocycles. The molecule has 2 aromatic carbocycles. The zero-order valence-electron chi connectivity index (χ0n) is 24.3. The second-order valence-corrected chi connectivity index (χ2v) is 11.1. The molecule has 0 saturated carbocycles. The summed E-state index contributed by atoms with van der Waals surface area (Å²) < 4.78 is 5.49. The Kier molecular flexibility index (Phi) is 11.4. The van der Waals surface area contributed by atoms with Crippen molar-refractivity contribution in [3.63, 3.8) is 0 Å². The average molecular weight is 524 g/mol. The lowest BCUT2D eigenvalue weighted by atomic mass is 9.92. The smallest absolute Gasteiger partial charge is 0.408 e. The van der Waals surface area contributed by atoms with Gasteiger partial charge in [0.25, 0.3) is 0 Å². The summed E-state index contributed by atoms with van der Waals surface area (Å²) in [4.78, 5) is 42.5. The Bertz CT molecular complexity index is 1060. The molecule has 0 fully saturated rings. The van der Waals surface area contributed by atoms with E-state index in [0.717, 1.165) is 35.1 Å². The molecular weight excluding hydrogens is 478 g/mol. The molecule has 38 heavy (non-hydrogen) atoms. The third kappa shape index (κ3) is 8.89. The van der Waals surface area contributed by atoms with E-state index in [4.69, 9.17) is 4.74 Å². The predicted octanol–water partition coefficient (Wildman–Crippen LogP) is 5.63. The standard InChI is InChI=1S/C31H45N3O4/c1-9-10-19-32-28(35)27(26-22(4)15-14-16-23(26)5)34(21(2)3)29(36)25(20-24-17-12-11-13-18-24)33-30(37)38-31(6,7)8/h11-18,21,25,27H,9-10,19-20H2,1-8H3,(H,32,35)(H,33,37). The normalized spacial score (nSPS) is 13.0. The van der Waals surface area contributed by atoms with Crippen LogP contribution in [0.3, 0.4) is 0 Å². The van der Waals surface area contributed by atoms with Gasteiger partial charge >= 0.3 is 6.09 Å². The summed E-state index contributed by atoms with van der Waals surface area (Å²) in [6, 6.07) is 13.3. The maximum Gasteiger partial charge on any atom is 0.408 e. The van der Waals surface area contributed by atoms with Crippen molar-refractivity contribution in [1.29, 1.82) is 0 Å². The number of unbranched alkanes of at least 4 members (excludes halogenated alkanes) is 1. The van der Waals surface area contributed by atoms with Gasteiger partial charge in [0, 0.05) is 19.0 Å². The van der Waals surface area contributed by atoms with E-state index in [1.165, 1.54) is 0 Å². The van der Waals surface area contributed by atoms with Crippen molar-refractivity contribution in [3.05, 3.63) is 70.8 Å². The van der Waals surface area contributed by atoms with Crippen LogP contribution in [0.25, 0.3) is 0 Å². The molecule has 7 heteroatoms. The highest BCUT2D eigenvalue weighted by molar-refractivity contribution is 5.93. The maximum atomic E-state index is 14.3. The summed E-state index contributed by atoms with van der Waals surface area (Å²) in [5.41, 5.74) is 2.83. The molecule has 0 aliphatic rings. The number of carbonyl (C=O) groups excluding carboxylic acids is 3. The third-order valence-corrected chi connectivity index (χ3v) is 6.25. The summed E-state index contributed by atoms with van der Waals surface area (Å²) in [6.45, 7) is 15.6. The molecule has 3 amide bonds. The molecule has 0 aromatic heterocycles. The van der Waals surface area contributed by atoms with Crippen molar-refractivity contribution in [2.45, 2.75) is 98.4 Å². The van der Waals surface area contributed by atoms with Crippen LogP contribution in [0.15, 0.2) is 48.5 Å². The molecule has 2 N–H and O–H groups in total. The highest BCUT2D eigenvalue weighted by Gasteiger charge is 2.39. The largest absolute Gasteiger partial charge is 0.444 e. The van der Waals surface area contributed by atoms with Crippen molar-refractivity contribution in [3.8, 4) is 0 Å². The number of carbonyl (C=O) groups is 3. The summed E-state index contributed by atoms with van der Waals surface area (Å²) in [5.74, 6) is -0.568. The van der Waals surface area contributed by atoms with Gasteiger partial charge in [0.05, 0.1) is 0 Å². The zero-order chi connectivity index (χ0) is 28.5. The predicted molar refractivity (Wildman–Crippen MR) is 152 cm³/mol. The highest BCUT2D eigenvalue weighted by atomic mass is 16.6. The van der Waals surface area contributed by atoms with Crippen LogP contribution in [0, 0.1) is 13.8 Å². The number of benzene rings is 2. The van der Waals surface area contributed by atoms with Crippen LogP contribution < -0.4 is 10.6 Å². The van der Waals surface area contributed by atoms with Crippen molar-refractivity contribution in [1.82, 2.24) is 15.5 Å². The molecule has 2 aromatic rings. The minimum absolute atomic E-state index is 0.228. The van der Waals surface area contributed by atoms with Crippen LogP contribution >= 0.6 is 0 Å². The molecule has 0 radical (unpaired) electrons. The number of nitrogens with zero attached hydrogens (tertiary/aromatic N) is 1. The second kappa shape index (κ2) is 14.0. The van der Waals surface area contributed by atoms with Crippen LogP contribution in [0.2, 0.25) is 0 Å². The summed E-state index contributed by atoms with van der Waals surface area (Å²) in [5, 5.41) is 5.84. The van der Waals surface area contributed by atoms with E-state index in [1.807, 2.05) is 76.2 Å². The number of hydrogen-bond donors (Lipinski definition) is 2. The quantitative estimate of drug-likeness (QED) is 0.374. The van der Waals surface area contributed by atoms with E-state index < -0.39 is 23.8 Å². The Morgan fingerprint density at radius 1 is 0.947 bits per heavy atom. The molecule has 0 aliphatic carbocycles. The SMILES string of the molecule is CCCCNC(=O)C(c1c(C)cccc1C)N(C(=O)C(Cc1ccccc1)NC(=O)OC(C)(C)C)C(C)C. The second-order valence-electron chi connectivity index (χ2n) is 11.1. The van der Waals surface area contributed by atoms with E-state index in [9.17, 15) is 14.4 Å². The highest BCUT2D eigenvalue weighted by Crippen LogP contribution is 2.30. The van der Waals surface area contributed by atoms with Gasteiger partial charge in [-0.3, -0.25) is 9.59 Å². The fourth-order valence-electron chi connectivity index (χ4n) is 4.50. The fourth-order valence-corrected chi connectivity index (χ4v) is 4.50. The van der Waals surface area contributed by atoms with Gasteiger partial charge in [0.1, 0.15) is 17.7 Å². The first-order valence-corrected chi connectivity index (χ1v) is 13.5. The third-order valence-electron chi connectivity index (χ3n) is 6.25. The topological polar surface area (TPSA) is 87.7 Å². The van der Waals surface area contributed by atoms with E-state index in [0.29, 0.717) is 6.54 Å². The number of hydrogen-bond acceptors (Lipinski definition) is 4. The minimum Gasteiger partial charge on any atom is -0.444 e. The molecule has 0 bridgehead atoms. The van der Waals surface area contributed by atoms with Crippen molar-refractivity contribution >= 4 is 17.9 Å². The van der Waals surface area contributed by atoms with E-state index in [2.05, 4.69) is 17.6 Å². The van der Waals surface area contributed by atoms with E-state index >= 15 is 0 Å². The zero-order valence-corrected chi connectivity index (χ0v) is 24.3. The van der Waals surface area contributed by atoms with Crippen LogP contribution in [0.4, 0.5) is 4.79 Å². The lowest BCUT2D eigenvalue weighted by Crippen LogP contribution is -2.56. The molecular formula is C31H45N3O4. The Morgan fingerprint density at radius 2 is 1.55 bits per heavy atom. The molecule has 208 valence electrons. The molecule has 0 heterocycles. The molecule has 0 spiro atoms. The summed E-state index contributed by atoms with van der Waals surface area (Å²) in [7, 11) is 0. The van der Waals surface area contributed by atoms with Crippen molar-refractivity contribution < 1.29 is 19.1 Å². The summed E-state index contributed by atoms with van der Waals surface area (Å²) in [6.07, 6.45) is 1.38. The van der Waals surface area contributed by atoms with Gasteiger partial charge in [-0.25, -0.2) is 4.79 Å². The Balaban J connectivity index is 2.56. The first kappa shape index (κ1) is 30.9. The molecule has 7 nitrogen and oxygen atoms in total. The Labute approximate surface area is 228 Å². The van der Waals surface area contributed by atoms with Crippen LogP contribution in [-0.2, 0) is 20.7 Å². The first-order chi connectivity index (χ1) is 17.9. The Hall–Kier alpha value is -3.35.